The molecule has 0 saturated carbocycles. The average molecular weight is 1080 g/mol. The first-order valence-electron chi connectivity index (χ1n) is 19.6. The fourth-order valence-corrected chi connectivity index (χ4v) is 9.69. The SMILES string of the molecule is C.COc1cc2sc(C(=O)CCC#N)cc2cc1Br.COc1cc2sc(C(=O)CCC#N)cc2cc1CCCO[Si](C)(C)C(C)(C)C.[CH2-]CCO[Si](C)(C)C(C)(C)C.[Zn+][Br]. The van der Waals surface area contributed by atoms with Crippen molar-refractivity contribution in [2.24, 2.45) is 0 Å². The van der Waals surface area contributed by atoms with Gasteiger partial charge in [-0.3, -0.25) is 9.59 Å². The van der Waals surface area contributed by atoms with Crippen LogP contribution in [0, 0.1) is 29.6 Å². The van der Waals surface area contributed by atoms with Crippen molar-refractivity contribution in [3.05, 3.63) is 63.1 Å². The molecule has 0 aliphatic rings. The van der Waals surface area contributed by atoms with Crippen molar-refractivity contribution >= 4 is 101 Å². The Bertz CT molecular complexity index is 2040. The summed E-state index contributed by atoms with van der Waals surface area (Å²) in [7, 11) is 0.109. The average Bonchev–Trinajstić information content (AvgIpc) is 3.80. The zero-order valence-corrected chi connectivity index (χ0v) is 46.9. The van der Waals surface area contributed by atoms with E-state index in [0.717, 1.165) is 74.2 Å². The van der Waals surface area contributed by atoms with Gasteiger partial charge in [-0.25, -0.2) is 0 Å². The maximum atomic E-state index is 12.2. The molecule has 0 bridgehead atoms. The van der Waals surface area contributed by atoms with E-state index in [2.05, 4.69) is 110 Å². The van der Waals surface area contributed by atoms with Gasteiger partial charge in [0.2, 0.25) is 0 Å². The van der Waals surface area contributed by atoms with Gasteiger partial charge in [0.25, 0.3) is 0 Å². The van der Waals surface area contributed by atoms with Crippen LogP contribution < -0.4 is 9.47 Å². The summed E-state index contributed by atoms with van der Waals surface area (Å²) in [6.45, 7) is 27.9. The Labute approximate surface area is 396 Å². The molecule has 4 aromatic rings. The van der Waals surface area contributed by atoms with Gasteiger partial charge in [0.1, 0.15) is 11.5 Å². The predicted octanol–water partition coefficient (Wildman–Crippen LogP) is 15.2. The first-order valence-corrected chi connectivity index (χ1v) is 34.8. The van der Waals surface area contributed by atoms with Gasteiger partial charge in [0.15, 0.2) is 28.2 Å². The van der Waals surface area contributed by atoms with Crippen LogP contribution in [0.1, 0.15) is 112 Å². The Hall–Kier alpha value is -1.78. The first kappa shape index (κ1) is 58.2. The molecular formula is C45H66Br2N2O6S2Si2Zn. The zero-order chi connectivity index (χ0) is 45.2. The van der Waals surface area contributed by atoms with Crippen molar-refractivity contribution < 1.29 is 44.3 Å². The van der Waals surface area contributed by atoms with E-state index in [-0.39, 0.29) is 49.7 Å². The van der Waals surface area contributed by atoms with Gasteiger partial charge < -0.3 is 25.2 Å². The number of ketones is 2. The molecule has 60 heavy (non-hydrogen) atoms. The minimum absolute atomic E-state index is 0. The molecule has 0 atom stereocenters. The molecule has 0 unspecified atom stereocenters. The Morgan fingerprint density at radius 3 is 1.55 bits per heavy atom. The topological polar surface area (TPSA) is 119 Å². The number of hydrogen-bond acceptors (Lipinski definition) is 10. The van der Waals surface area contributed by atoms with Crippen LogP contribution in [0.2, 0.25) is 36.3 Å². The van der Waals surface area contributed by atoms with E-state index >= 15 is 0 Å². The van der Waals surface area contributed by atoms with E-state index in [1.807, 2.05) is 42.5 Å². The molecule has 0 spiro atoms. The molecule has 2 aromatic heterocycles. The molecule has 0 amide bonds. The summed E-state index contributed by atoms with van der Waals surface area (Å²) in [5.74, 6) is 1.66. The van der Waals surface area contributed by atoms with Crippen LogP contribution >= 0.6 is 52.2 Å². The fourth-order valence-electron chi connectivity index (χ4n) is 4.91. The number of benzene rings is 2. The molecule has 328 valence electrons. The molecule has 8 nitrogen and oxygen atoms in total. The number of aryl methyl sites for hydroxylation is 1. The molecule has 4 rings (SSSR count). The van der Waals surface area contributed by atoms with E-state index in [0.29, 0.717) is 14.8 Å². The summed E-state index contributed by atoms with van der Waals surface area (Å²) in [5, 5.41) is 19.8. The predicted molar refractivity (Wildman–Crippen MR) is 263 cm³/mol. The number of carbonyl (C=O) groups excluding carboxylic acids is 2. The number of halogens is 2. The van der Waals surface area contributed by atoms with Gasteiger partial charge >= 0.3 is 30.0 Å². The molecular weight excluding hydrogens is 1010 g/mol. The summed E-state index contributed by atoms with van der Waals surface area (Å²) < 4.78 is 25.8. The van der Waals surface area contributed by atoms with Gasteiger partial charge in [-0.15, -0.1) is 22.7 Å². The molecule has 15 heteroatoms. The third kappa shape index (κ3) is 18.1. The number of ether oxygens (including phenoxy) is 2. The van der Waals surface area contributed by atoms with Gasteiger partial charge in [-0.05, 0) is 118 Å². The zero-order valence-electron chi connectivity index (χ0n) is 37.2. The van der Waals surface area contributed by atoms with Crippen LogP contribution in [-0.2, 0) is 31.6 Å². The second kappa shape index (κ2) is 27.4. The van der Waals surface area contributed by atoms with E-state index in [9.17, 15) is 9.59 Å². The number of hydrogen-bond donors (Lipinski definition) is 0. The number of Topliss-reactive ketones (excluding diaryl/α,β-unsaturated/α-hetero) is 2. The first-order chi connectivity index (χ1) is 27.5. The van der Waals surface area contributed by atoms with Gasteiger partial charge in [-0.1, -0.05) is 49.0 Å². The van der Waals surface area contributed by atoms with Crippen LogP contribution in [0.5, 0.6) is 11.5 Å². The second-order valence-corrected chi connectivity index (χ2v) is 29.4. The van der Waals surface area contributed by atoms with E-state index in [1.165, 1.54) is 39.0 Å². The van der Waals surface area contributed by atoms with Crippen LogP contribution in [0.25, 0.3) is 20.2 Å². The van der Waals surface area contributed by atoms with Crippen LogP contribution in [0.3, 0.4) is 0 Å². The molecule has 0 aliphatic carbocycles. The summed E-state index contributed by atoms with van der Waals surface area (Å²) in [4.78, 5) is 25.5. The molecule has 2 heterocycles. The van der Waals surface area contributed by atoms with Crippen molar-refractivity contribution in [3.63, 3.8) is 0 Å². The Kier molecular flexibility index (Phi) is 26.6. The molecule has 0 N–H and O–H groups in total. The number of nitriles is 2. The number of carbonyl (C=O) groups is 2. The molecule has 0 radical (unpaired) electrons. The van der Waals surface area contributed by atoms with Crippen molar-refractivity contribution in [2.45, 2.75) is 130 Å². The van der Waals surface area contributed by atoms with Crippen molar-refractivity contribution in [1.29, 1.82) is 10.5 Å². The number of methoxy groups -OCH3 is 2. The molecule has 2 aromatic carbocycles. The third-order valence-corrected chi connectivity index (χ3v) is 22.4. The van der Waals surface area contributed by atoms with E-state index in [4.69, 9.17) is 28.8 Å². The number of rotatable bonds is 16. The molecule has 0 saturated heterocycles. The van der Waals surface area contributed by atoms with Crippen molar-refractivity contribution in [1.82, 2.24) is 0 Å². The normalized spacial score (nSPS) is 11.4. The van der Waals surface area contributed by atoms with Crippen molar-refractivity contribution in [3.8, 4) is 23.6 Å². The molecule has 0 aliphatic heterocycles. The maximum absolute atomic E-state index is 12.2. The van der Waals surface area contributed by atoms with Crippen LogP contribution in [0.15, 0.2) is 40.9 Å². The van der Waals surface area contributed by atoms with Gasteiger partial charge in [0, 0.05) is 48.3 Å². The fraction of sp³-hybridized carbons (Fsp3) is 0.533. The van der Waals surface area contributed by atoms with Crippen LogP contribution in [0.4, 0.5) is 0 Å². The number of thiophene rings is 2. The van der Waals surface area contributed by atoms with Gasteiger partial charge in [0.05, 0.1) is 40.6 Å². The van der Waals surface area contributed by atoms with Gasteiger partial charge in [-0.2, -0.15) is 16.9 Å². The summed E-state index contributed by atoms with van der Waals surface area (Å²) in [5.41, 5.74) is 1.14. The third-order valence-electron chi connectivity index (χ3n) is 10.5. The minimum atomic E-state index is -1.72. The number of fused-ring (bicyclic) bond motifs is 2. The summed E-state index contributed by atoms with van der Waals surface area (Å²) in [6, 6.07) is 15.8. The quantitative estimate of drug-likeness (QED) is 0.0471. The van der Waals surface area contributed by atoms with Crippen LogP contribution in [-0.4, -0.2) is 55.6 Å². The molecule has 0 fully saturated rings. The van der Waals surface area contributed by atoms with E-state index < -0.39 is 16.6 Å². The van der Waals surface area contributed by atoms with Crippen molar-refractivity contribution in [2.75, 3.05) is 27.4 Å². The Morgan fingerprint density at radius 1 is 0.733 bits per heavy atom. The Morgan fingerprint density at radius 2 is 1.15 bits per heavy atom. The monoisotopic (exact) mass is 1070 g/mol. The Balaban J connectivity index is 0.000000932. The summed E-state index contributed by atoms with van der Waals surface area (Å²) >= 11 is 10.6. The second-order valence-electron chi connectivity index (χ2n) is 16.8. The number of nitrogens with zero attached hydrogens (tertiary/aromatic N) is 2. The van der Waals surface area contributed by atoms with E-state index in [1.54, 1.807) is 14.2 Å². The summed E-state index contributed by atoms with van der Waals surface area (Å²) in [6.07, 6.45) is 3.77. The standard InChI is InChI=1S/C22H31NO3SSi.C13H10BrNO2S.C9H21OSi.CH4.BrH.Zn/c1-22(2,3)28(5,6)26-12-8-9-16-13-17-14-21(18(24)10-7-11-23)27-20(17)15-19(16)25-4;1-17-11-7-12-8(5-9(11)14)6-13(18-12)10(16)3-2-4-15;1-7-8-10-11(5,6)9(2,3)4;;;/h13-15H,7-10,12H2,1-6H3;5-7H,2-3H2,1H3;1,7-8H2,2-6H3;1H4;1H;/q;;-1;;;+2/p-1.